The summed E-state index contributed by atoms with van der Waals surface area (Å²) in [6.45, 7) is 11.8. The van der Waals surface area contributed by atoms with Crippen LogP contribution < -0.4 is 5.56 Å². The fraction of sp³-hybridized carbons (Fsp3) is 0.560. The first-order chi connectivity index (χ1) is 16.2. The van der Waals surface area contributed by atoms with E-state index >= 15 is 0 Å². The second-order valence-corrected chi connectivity index (χ2v) is 9.72. The van der Waals surface area contributed by atoms with Crippen LogP contribution in [0.15, 0.2) is 29.1 Å². The number of hydrogen-bond acceptors (Lipinski definition) is 7. The summed E-state index contributed by atoms with van der Waals surface area (Å²) in [6, 6.07) is 7.51. The van der Waals surface area contributed by atoms with E-state index in [4.69, 9.17) is 4.74 Å². The Bertz CT molecular complexity index is 1220. The number of aromatic nitrogens is 5. The maximum atomic E-state index is 13.4. The minimum absolute atomic E-state index is 0.127. The van der Waals surface area contributed by atoms with E-state index in [0.29, 0.717) is 43.9 Å². The van der Waals surface area contributed by atoms with Gasteiger partial charge >= 0.3 is 5.97 Å². The fourth-order valence-electron chi connectivity index (χ4n) is 4.64. The molecule has 2 aromatic heterocycles. The Kier molecular flexibility index (Phi) is 6.84. The molecular formula is C25H34N6O3. The summed E-state index contributed by atoms with van der Waals surface area (Å²) in [5, 5.41) is 13.7. The molecule has 1 atom stereocenters. The van der Waals surface area contributed by atoms with Crippen LogP contribution >= 0.6 is 0 Å². The lowest BCUT2D eigenvalue weighted by atomic mass is 9.93. The predicted molar refractivity (Wildman–Crippen MR) is 130 cm³/mol. The summed E-state index contributed by atoms with van der Waals surface area (Å²) < 4.78 is 7.08. The molecule has 4 rings (SSSR count). The molecule has 0 spiro atoms. The highest BCUT2D eigenvalue weighted by molar-refractivity contribution is 5.79. The van der Waals surface area contributed by atoms with Gasteiger partial charge in [0.15, 0.2) is 5.82 Å². The number of carbonyl (C=O) groups is 1. The molecule has 1 fully saturated rings. The number of nitrogens with one attached hydrogen (secondary N) is 1. The zero-order valence-electron chi connectivity index (χ0n) is 20.7. The van der Waals surface area contributed by atoms with Gasteiger partial charge < -0.3 is 9.72 Å². The third kappa shape index (κ3) is 4.61. The lowest BCUT2D eigenvalue weighted by molar-refractivity contribution is -0.149. The van der Waals surface area contributed by atoms with E-state index in [-0.39, 0.29) is 23.0 Å². The number of ether oxygens (including phenoxy) is 1. The smallest absolute Gasteiger partial charge is 0.309 e. The maximum Gasteiger partial charge on any atom is 0.309 e. The van der Waals surface area contributed by atoms with Crippen molar-refractivity contribution in [3.63, 3.8) is 0 Å². The van der Waals surface area contributed by atoms with Crippen molar-refractivity contribution < 1.29 is 9.53 Å². The van der Waals surface area contributed by atoms with Crippen LogP contribution in [0.25, 0.3) is 10.9 Å². The van der Waals surface area contributed by atoms with E-state index in [9.17, 15) is 9.59 Å². The van der Waals surface area contributed by atoms with Crippen LogP contribution in [0.1, 0.15) is 70.0 Å². The quantitative estimate of drug-likeness (QED) is 0.532. The number of carbonyl (C=O) groups excluding carboxylic acids is 1. The number of esters is 1. The summed E-state index contributed by atoms with van der Waals surface area (Å²) in [5.41, 5.74) is 2.05. The second-order valence-electron chi connectivity index (χ2n) is 9.72. The van der Waals surface area contributed by atoms with Crippen molar-refractivity contribution >= 4 is 16.9 Å². The molecule has 0 unspecified atom stereocenters. The number of piperidine rings is 1. The number of rotatable bonds is 7. The van der Waals surface area contributed by atoms with Gasteiger partial charge in [-0.1, -0.05) is 18.6 Å². The zero-order chi connectivity index (χ0) is 24.5. The van der Waals surface area contributed by atoms with Gasteiger partial charge in [0.1, 0.15) is 6.04 Å². The van der Waals surface area contributed by atoms with Gasteiger partial charge in [0.25, 0.3) is 5.56 Å². The van der Waals surface area contributed by atoms with Gasteiger partial charge in [0.05, 0.1) is 18.1 Å². The molecular weight excluding hydrogens is 432 g/mol. The van der Waals surface area contributed by atoms with E-state index in [2.05, 4.69) is 52.2 Å². The lowest BCUT2D eigenvalue weighted by Gasteiger charge is -2.37. The van der Waals surface area contributed by atoms with Gasteiger partial charge in [-0.2, -0.15) is 0 Å². The summed E-state index contributed by atoms with van der Waals surface area (Å²) in [4.78, 5) is 30.9. The number of aromatic amines is 1. The summed E-state index contributed by atoms with van der Waals surface area (Å²) in [6.07, 6.45) is 2.16. The third-order valence-corrected chi connectivity index (χ3v) is 7.01. The summed E-state index contributed by atoms with van der Waals surface area (Å²) in [7, 11) is 0. The molecule has 3 heterocycles. The number of nitrogens with zero attached hydrogens (tertiary/aromatic N) is 5. The molecule has 3 aromatic rings. The number of H-pyrrole nitrogens is 1. The Morgan fingerprint density at radius 2 is 1.97 bits per heavy atom. The fourth-order valence-corrected chi connectivity index (χ4v) is 4.64. The Morgan fingerprint density at radius 1 is 1.24 bits per heavy atom. The molecule has 1 saturated heterocycles. The van der Waals surface area contributed by atoms with Crippen molar-refractivity contribution in [2.45, 2.75) is 65.5 Å². The number of pyridine rings is 1. The van der Waals surface area contributed by atoms with Gasteiger partial charge in [0.2, 0.25) is 0 Å². The number of fused-ring (bicyclic) bond motifs is 1. The highest BCUT2D eigenvalue weighted by Gasteiger charge is 2.37. The first-order valence-corrected chi connectivity index (χ1v) is 12.1. The Morgan fingerprint density at radius 3 is 2.65 bits per heavy atom. The van der Waals surface area contributed by atoms with Crippen LogP contribution in [0, 0.1) is 12.8 Å². The monoisotopic (exact) mass is 466 g/mol. The van der Waals surface area contributed by atoms with Crippen molar-refractivity contribution in [1.82, 2.24) is 30.1 Å². The molecule has 34 heavy (non-hydrogen) atoms. The van der Waals surface area contributed by atoms with E-state index < -0.39 is 6.04 Å². The van der Waals surface area contributed by atoms with Crippen LogP contribution in [-0.4, -0.2) is 55.8 Å². The molecule has 9 heteroatoms. The molecule has 1 N–H and O–H groups in total. The van der Waals surface area contributed by atoms with Crippen LogP contribution in [0.5, 0.6) is 0 Å². The molecule has 182 valence electrons. The Balaban J connectivity index is 1.79. The predicted octanol–water partition coefficient (Wildman–Crippen LogP) is 3.33. The molecule has 9 nitrogen and oxygen atoms in total. The van der Waals surface area contributed by atoms with Crippen LogP contribution in [0.4, 0.5) is 0 Å². The lowest BCUT2D eigenvalue weighted by Crippen LogP contribution is -2.43. The van der Waals surface area contributed by atoms with Crippen LogP contribution in [-0.2, 0) is 15.1 Å². The van der Waals surface area contributed by atoms with Gasteiger partial charge in [-0.15, -0.1) is 5.10 Å². The Hall–Kier alpha value is -3.07. The molecule has 0 radical (unpaired) electrons. The molecule has 0 bridgehead atoms. The normalized spacial score (nSPS) is 16.6. The van der Waals surface area contributed by atoms with E-state index in [1.807, 2.05) is 36.7 Å². The Labute approximate surface area is 199 Å². The van der Waals surface area contributed by atoms with Gasteiger partial charge in [-0.05, 0) is 81.0 Å². The van der Waals surface area contributed by atoms with Gasteiger partial charge in [0, 0.05) is 24.2 Å². The summed E-state index contributed by atoms with van der Waals surface area (Å²) >= 11 is 0. The van der Waals surface area contributed by atoms with Crippen molar-refractivity contribution in [2.24, 2.45) is 5.92 Å². The number of hydrogen-bond donors (Lipinski definition) is 1. The van der Waals surface area contributed by atoms with E-state index in [0.717, 1.165) is 22.9 Å². The summed E-state index contributed by atoms with van der Waals surface area (Å²) in [5.74, 6) is 0.367. The second kappa shape index (κ2) is 9.66. The highest BCUT2D eigenvalue weighted by atomic mass is 16.5. The topological polar surface area (TPSA) is 106 Å². The number of tetrazole rings is 1. The van der Waals surface area contributed by atoms with Crippen LogP contribution in [0.2, 0.25) is 0 Å². The van der Waals surface area contributed by atoms with E-state index in [1.54, 1.807) is 0 Å². The first-order valence-electron chi connectivity index (χ1n) is 12.1. The molecule has 1 aliphatic heterocycles. The molecule has 0 saturated carbocycles. The average molecular weight is 467 g/mol. The van der Waals surface area contributed by atoms with Crippen molar-refractivity contribution in [3.8, 4) is 0 Å². The third-order valence-electron chi connectivity index (χ3n) is 7.01. The number of benzene rings is 1. The van der Waals surface area contributed by atoms with Gasteiger partial charge in [-0.25, -0.2) is 4.68 Å². The largest absolute Gasteiger partial charge is 0.466 e. The van der Waals surface area contributed by atoms with Gasteiger partial charge in [-0.3, -0.25) is 14.5 Å². The SMILES string of the molecule is CCOC(=O)C1CCN([C@@H](c2cc3cc(C)ccc3[nH]c2=O)c2nnnn2C(C)(C)CC)CC1. The maximum absolute atomic E-state index is 13.4. The first kappa shape index (κ1) is 24.1. The van der Waals surface area contributed by atoms with E-state index in [1.165, 1.54) is 0 Å². The number of aryl methyl sites for hydroxylation is 1. The average Bonchev–Trinajstić information content (AvgIpc) is 3.31. The minimum Gasteiger partial charge on any atom is -0.466 e. The minimum atomic E-state index is -0.433. The van der Waals surface area contributed by atoms with Crippen LogP contribution in [0.3, 0.4) is 0 Å². The molecule has 0 amide bonds. The molecule has 0 aliphatic carbocycles. The van der Waals surface area contributed by atoms with Crippen molar-refractivity contribution in [1.29, 1.82) is 0 Å². The standard InChI is InChI=1S/C25H34N6O3/c1-6-25(4,5)31-22(27-28-29-31)21(30-12-10-17(11-13-30)24(33)34-7-2)19-15-18-14-16(3)8-9-20(18)26-23(19)32/h8-9,14-15,17,21H,6-7,10-13H2,1-5H3,(H,26,32)/t21-/m0/s1. The molecule has 1 aromatic carbocycles. The highest BCUT2D eigenvalue weighted by Crippen LogP contribution is 2.33. The molecule has 1 aliphatic rings. The number of likely N-dealkylation sites (tertiary alicyclic amines) is 1. The van der Waals surface area contributed by atoms with Crippen molar-refractivity contribution in [2.75, 3.05) is 19.7 Å². The zero-order valence-corrected chi connectivity index (χ0v) is 20.7. The van der Waals surface area contributed by atoms with Crippen molar-refractivity contribution in [3.05, 3.63) is 51.6 Å².